The normalized spacial score (nSPS) is 10.4. The molecule has 0 atom stereocenters. The second-order valence-electron chi connectivity index (χ2n) is 4.66. The van der Waals surface area contributed by atoms with Gasteiger partial charge in [-0.1, -0.05) is 12.1 Å². The summed E-state index contributed by atoms with van der Waals surface area (Å²) in [5.41, 5.74) is 3.03. The lowest BCUT2D eigenvalue weighted by Crippen LogP contribution is -2.01. The smallest absolute Gasteiger partial charge is 0.338 e. The highest BCUT2D eigenvalue weighted by Gasteiger charge is 2.15. The number of benzene rings is 2. The molecule has 3 nitrogen and oxygen atoms in total. The minimum atomic E-state index is -1.28. The summed E-state index contributed by atoms with van der Waals surface area (Å²) in [7, 11) is 1.56. The van der Waals surface area contributed by atoms with Gasteiger partial charge < -0.3 is 9.84 Å². The van der Waals surface area contributed by atoms with Crippen LogP contribution in [0.4, 0.5) is 4.39 Å². The van der Waals surface area contributed by atoms with Gasteiger partial charge in [0.05, 0.1) is 12.7 Å². The first-order chi connectivity index (χ1) is 9.43. The van der Waals surface area contributed by atoms with E-state index in [2.05, 4.69) is 0 Å². The molecule has 2 rings (SSSR count). The summed E-state index contributed by atoms with van der Waals surface area (Å²) in [6.45, 7) is 3.86. The maximum absolute atomic E-state index is 13.8. The fourth-order valence-electron chi connectivity index (χ4n) is 2.30. The van der Waals surface area contributed by atoms with Gasteiger partial charge >= 0.3 is 5.97 Å². The van der Waals surface area contributed by atoms with Crippen LogP contribution in [-0.4, -0.2) is 18.2 Å². The maximum atomic E-state index is 13.8. The summed E-state index contributed by atoms with van der Waals surface area (Å²) in [5, 5.41) is 8.85. The molecule has 0 unspecified atom stereocenters. The van der Waals surface area contributed by atoms with E-state index in [0.717, 1.165) is 16.7 Å². The molecular formula is C16H15FO3. The Hall–Kier alpha value is -2.36. The van der Waals surface area contributed by atoms with Crippen molar-refractivity contribution in [1.29, 1.82) is 0 Å². The van der Waals surface area contributed by atoms with Gasteiger partial charge in [-0.15, -0.1) is 0 Å². The molecule has 0 heterocycles. The van der Waals surface area contributed by atoms with Crippen LogP contribution in [0.1, 0.15) is 21.5 Å². The van der Waals surface area contributed by atoms with E-state index in [4.69, 9.17) is 9.84 Å². The molecule has 2 aromatic carbocycles. The Kier molecular flexibility index (Phi) is 3.74. The van der Waals surface area contributed by atoms with Crippen LogP contribution in [0.3, 0.4) is 0 Å². The third-order valence-electron chi connectivity index (χ3n) is 3.15. The standard InChI is InChI=1S/C16H15FO3/c1-9-6-10(2)15(14(7-9)20-3)11-4-5-12(16(18)19)13(17)8-11/h4-8H,1-3H3,(H,18,19). The number of hydrogen-bond acceptors (Lipinski definition) is 2. The molecule has 0 radical (unpaired) electrons. The van der Waals surface area contributed by atoms with Crippen molar-refractivity contribution >= 4 is 5.97 Å². The summed E-state index contributed by atoms with van der Waals surface area (Å²) in [4.78, 5) is 10.8. The summed E-state index contributed by atoms with van der Waals surface area (Å²) < 4.78 is 19.2. The highest BCUT2D eigenvalue weighted by molar-refractivity contribution is 5.89. The van der Waals surface area contributed by atoms with Crippen LogP contribution in [-0.2, 0) is 0 Å². The minimum Gasteiger partial charge on any atom is -0.496 e. The van der Waals surface area contributed by atoms with Gasteiger partial charge in [-0.05, 0) is 48.7 Å². The molecule has 0 fully saturated rings. The van der Waals surface area contributed by atoms with Crippen LogP contribution in [0.2, 0.25) is 0 Å². The van der Waals surface area contributed by atoms with Gasteiger partial charge in [-0.3, -0.25) is 0 Å². The number of ether oxygens (including phenoxy) is 1. The van der Waals surface area contributed by atoms with E-state index in [9.17, 15) is 9.18 Å². The Labute approximate surface area is 116 Å². The SMILES string of the molecule is COc1cc(C)cc(C)c1-c1ccc(C(=O)O)c(F)c1. The summed E-state index contributed by atoms with van der Waals surface area (Å²) in [6.07, 6.45) is 0. The topological polar surface area (TPSA) is 46.5 Å². The predicted octanol–water partition coefficient (Wildman–Crippen LogP) is 3.82. The Bertz CT molecular complexity index is 678. The van der Waals surface area contributed by atoms with Crippen LogP contribution in [0.15, 0.2) is 30.3 Å². The molecule has 0 aliphatic carbocycles. The molecule has 2 aromatic rings. The Balaban J connectivity index is 2.63. The minimum absolute atomic E-state index is 0.336. The van der Waals surface area contributed by atoms with Gasteiger partial charge in [0, 0.05) is 5.56 Å². The van der Waals surface area contributed by atoms with Gasteiger partial charge in [0.15, 0.2) is 0 Å². The van der Waals surface area contributed by atoms with Gasteiger partial charge in [-0.2, -0.15) is 0 Å². The summed E-state index contributed by atoms with van der Waals surface area (Å²) in [5.74, 6) is -1.39. The van der Waals surface area contributed by atoms with Gasteiger partial charge in [0.2, 0.25) is 0 Å². The zero-order chi connectivity index (χ0) is 14.9. The zero-order valence-electron chi connectivity index (χ0n) is 11.5. The van der Waals surface area contributed by atoms with E-state index in [0.29, 0.717) is 11.3 Å². The van der Waals surface area contributed by atoms with E-state index < -0.39 is 11.8 Å². The molecule has 0 spiro atoms. The summed E-state index contributed by atoms with van der Waals surface area (Å²) >= 11 is 0. The number of aromatic carboxylic acids is 1. The Morgan fingerprint density at radius 2 is 1.90 bits per heavy atom. The van der Waals surface area contributed by atoms with Crippen LogP contribution in [0, 0.1) is 19.7 Å². The number of halogens is 1. The van der Waals surface area contributed by atoms with E-state index in [-0.39, 0.29) is 5.56 Å². The zero-order valence-corrected chi connectivity index (χ0v) is 11.5. The first-order valence-corrected chi connectivity index (χ1v) is 6.12. The quantitative estimate of drug-likeness (QED) is 0.925. The fraction of sp³-hybridized carbons (Fsp3) is 0.188. The van der Waals surface area contributed by atoms with Crippen molar-refractivity contribution in [1.82, 2.24) is 0 Å². The van der Waals surface area contributed by atoms with E-state index in [1.54, 1.807) is 13.2 Å². The van der Waals surface area contributed by atoms with Crippen molar-refractivity contribution in [2.75, 3.05) is 7.11 Å². The molecule has 4 heteroatoms. The lowest BCUT2D eigenvalue weighted by atomic mass is 9.96. The van der Waals surface area contributed by atoms with Crippen molar-refractivity contribution in [3.63, 3.8) is 0 Å². The van der Waals surface area contributed by atoms with E-state index in [1.807, 2.05) is 26.0 Å². The third-order valence-corrected chi connectivity index (χ3v) is 3.15. The van der Waals surface area contributed by atoms with Crippen LogP contribution >= 0.6 is 0 Å². The molecule has 0 saturated heterocycles. The maximum Gasteiger partial charge on any atom is 0.338 e. The third kappa shape index (κ3) is 2.50. The van der Waals surface area contributed by atoms with Crippen LogP contribution < -0.4 is 4.74 Å². The molecule has 0 bridgehead atoms. The highest BCUT2D eigenvalue weighted by atomic mass is 19.1. The van der Waals surface area contributed by atoms with Gasteiger partial charge in [-0.25, -0.2) is 9.18 Å². The average molecular weight is 274 g/mol. The molecule has 104 valence electrons. The number of methoxy groups -OCH3 is 1. The molecule has 0 aromatic heterocycles. The number of carboxylic acid groups (broad SMARTS) is 1. The summed E-state index contributed by atoms with van der Waals surface area (Å²) in [6, 6.07) is 7.92. The second kappa shape index (κ2) is 5.33. The van der Waals surface area contributed by atoms with Gasteiger partial charge in [0.25, 0.3) is 0 Å². The second-order valence-corrected chi connectivity index (χ2v) is 4.66. The fourth-order valence-corrected chi connectivity index (χ4v) is 2.30. The molecule has 0 aliphatic heterocycles. The lowest BCUT2D eigenvalue weighted by molar-refractivity contribution is 0.0692. The first-order valence-electron chi connectivity index (χ1n) is 6.12. The number of hydrogen-bond donors (Lipinski definition) is 1. The highest BCUT2D eigenvalue weighted by Crippen LogP contribution is 2.35. The predicted molar refractivity (Wildman–Crippen MR) is 74.8 cm³/mol. The monoisotopic (exact) mass is 274 g/mol. The molecule has 0 saturated carbocycles. The number of carboxylic acids is 1. The Morgan fingerprint density at radius 3 is 2.45 bits per heavy atom. The van der Waals surface area contributed by atoms with E-state index in [1.165, 1.54) is 12.1 Å². The first kappa shape index (κ1) is 14.1. The largest absolute Gasteiger partial charge is 0.496 e. The number of rotatable bonds is 3. The molecular weight excluding hydrogens is 259 g/mol. The van der Waals surface area contributed by atoms with Crippen molar-refractivity contribution in [2.45, 2.75) is 13.8 Å². The van der Waals surface area contributed by atoms with Crippen LogP contribution in [0.5, 0.6) is 5.75 Å². The Morgan fingerprint density at radius 1 is 1.20 bits per heavy atom. The van der Waals surface area contributed by atoms with Crippen molar-refractivity contribution in [3.8, 4) is 16.9 Å². The average Bonchev–Trinajstić information content (AvgIpc) is 2.37. The molecule has 20 heavy (non-hydrogen) atoms. The molecule has 0 aliphatic rings. The number of carbonyl (C=O) groups is 1. The van der Waals surface area contributed by atoms with Crippen molar-refractivity contribution in [2.24, 2.45) is 0 Å². The van der Waals surface area contributed by atoms with Crippen LogP contribution in [0.25, 0.3) is 11.1 Å². The van der Waals surface area contributed by atoms with Crippen molar-refractivity contribution in [3.05, 3.63) is 52.8 Å². The molecule has 1 N–H and O–H groups in total. The van der Waals surface area contributed by atoms with E-state index >= 15 is 0 Å². The number of aryl methyl sites for hydroxylation is 2. The molecule has 0 amide bonds. The van der Waals surface area contributed by atoms with Gasteiger partial charge in [0.1, 0.15) is 11.6 Å². The van der Waals surface area contributed by atoms with Crippen molar-refractivity contribution < 1.29 is 19.0 Å². The lowest BCUT2D eigenvalue weighted by Gasteiger charge is -2.13.